The summed E-state index contributed by atoms with van der Waals surface area (Å²) >= 11 is 0. The number of nitrogens with zero attached hydrogens (tertiary/aromatic N) is 1. The van der Waals surface area contributed by atoms with E-state index in [0.29, 0.717) is 24.8 Å². The second-order valence-corrected chi connectivity index (χ2v) is 6.88. The quantitative estimate of drug-likeness (QED) is 0.486. The average Bonchev–Trinajstić information content (AvgIpc) is 2.68. The minimum atomic E-state index is -4.78. The Kier molecular flexibility index (Phi) is 8.08. The Labute approximate surface area is 172 Å². The SMILES string of the molecule is CCOC(=O)CC(=O)[C@H]1CCN(C(=O)OC)[C@@H](Cc2ccc(OC(F)(F)F)cc2)C1. The molecule has 1 aromatic rings. The molecular weight excluding hydrogens is 407 g/mol. The first kappa shape index (κ1) is 23.5. The molecular formula is C20H24F3NO6. The third-order valence-corrected chi connectivity index (χ3v) is 4.83. The number of esters is 1. The van der Waals surface area contributed by atoms with E-state index in [4.69, 9.17) is 9.47 Å². The van der Waals surface area contributed by atoms with E-state index in [2.05, 4.69) is 4.74 Å². The van der Waals surface area contributed by atoms with E-state index in [1.54, 1.807) is 6.92 Å². The second-order valence-electron chi connectivity index (χ2n) is 6.88. The number of ketones is 1. The number of Topliss-reactive ketones (excluding diaryl/α,β-unsaturated/α-hetero) is 1. The maximum atomic E-state index is 12.4. The number of carbonyl (C=O) groups excluding carboxylic acids is 3. The van der Waals surface area contributed by atoms with Gasteiger partial charge in [-0.05, 0) is 43.9 Å². The summed E-state index contributed by atoms with van der Waals surface area (Å²) in [4.78, 5) is 37.7. The van der Waals surface area contributed by atoms with Crippen LogP contribution in [0.3, 0.4) is 0 Å². The number of hydrogen-bond acceptors (Lipinski definition) is 6. The third kappa shape index (κ3) is 6.93. The van der Waals surface area contributed by atoms with Crippen LogP contribution in [0.15, 0.2) is 24.3 Å². The molecule has 0 radical (unpaired) electrons. The third-order valence-electron chi connectivity index (χ3n) is 4.83. The molecule has 0 unspecified atom stereocenters. The van der Waals surface area contributed by atoms with Crippen molar-refractivity contribution >= 4 is 17.8 Å². The summed E-state index contributed by atoms with van der Waals surface area (Å²) in [6.45, 7) is 2.10. The molecule has 0 bridgehead atoms. The topological polar surface area (TPSA) is 82.1 Å². The van der Waals surface area contributed by atoms with Crippen LogP contribution in [-0.4, -0.2) is 55.4 Å². The first-order chi connectivity index (χ1) is 14.1. The summed E-state index contributed by atoms with van der Waals surface area (Å²) in [7, 11) is 1.25. The predicted octanol–water partition coefficient (Wildman–Crippen LogP) is 3.50. The molecule has 1 fully saturated rings. The van der Waals surface area contributed by atoms with Crippen LogP contribution in [0.25, 0.3) is 0 Å². The highest BCUT2D eigenvalue weighted by Crippen LogP contribution is 2.29. The Bertz CT molecular complexity index is 750. The van der Waals surface area contributed by atoms with Gasteiger partial charge in [-0.3, -0.25) is 9.59 Å². The fourth-order valence-corrected chi connectivity index (χ4v) is 3.49. The second kappa shape index (κ2) is 10.3. The Balaban J connectivity index is 2.09. The summed E-state index contributed by atoms with van der Waals surface area (Å²) in [5.74, 6) is -1.61. The number of ether oxygens (including phenoxy) is 3. The van der Waals surface area contributed by atoms with Crippen molar-refractivity contribution in [2.24, 2.45) is 5.92 Å². The maximum Gasteiger partial charge on any atom is 0.573 e. The Morgan fingerprint density at radius 2 is 1.83 bits per heavy atom. The van der Waals surface area contributed by atoms with E-state index in [9.17, 15) is 27.6 Å². The molecule has 10 heteroatoms. The molecule has 1 aliphatic rings. The zero-order chi connectivity index (χ0) is 22.3. The van der Waals surface area contributed by atoms with Gasteiger partial charge in [-0.1, -0.05) is 12.1 Å². The minimum Gasteiger partial charge on any atom is -0.466 e. The van der Waals surface area contributed by atoms with E-state index < -0.39 is 30.4 Å². The van der Waals surface area contributed by atoms with Gasteiger partial charge in [0.05, 0.1) is 13.7 Å². The lowest BCUT2D eigenvalue weighted by Crippen LogP contribution is -2.48. The van der Waals surface area contributed by atoms with Gasteiger partial charge in [-0.25, -0.2) is 4.79 Å². The normalized spacial score (nSPS) is 19.2. The lowest BCUT2D eigenvalue weighted by atomic mass is 9.84. The number of benzene rings is 1. The standard InChI is InChI=1S/C20H24F3NO6/c1-3-29-18(26)12-17(25)14-8-9-24(19(27)28-2)15(11-14)10-13-4-6-16(7-5-13)30-20(21,22)23/h4-7,14-15H,3,8-12H2,1-2H3/t14-,15-/m0/s1. The number of halogens is 3. The number of likely N-dealkylation sites (tertiary alicyclic amines) is 1. The van der Waals surface area contributed by atoms with Crippen molar-refractivity contribution in [3.05, 3.63) is 29.8 Å². The van der Waals surface area contributed by atoms with Crippen molar-refractivity contribution in [3.63, 3.8) is 0 Å². The Morgan fingerprint density at radius 1 is 1.17 bits per heavy atom. The maximum absolute atomic E-state index is 12.4. The van der Waals surface area contributed by atoms with E-state index >= 15 is 0 Å². The molecule has 2 rings (SSSR count). The molecule has 7 nitrogen and oxygen atoms in total. The van der Waals surface area contributed by atoms with Crippen LogP contribution >= 0.6 is 0 Å². The number of methoxy groups -OCH3 is 1. The van der Waals surface area contributed by atoms with Crippen molar-refractivity contribution < 1.29 is 41.8 Å². The molecule has 30 heavy (non-hydrogen) atoms. The van der Waals surface area contributed by atoms with Gasteiger partial charge in [-0.2, -0.15) is 0 Å². The fourth-order valence-electron chi connectivity index (χ4n) is 3.49. The number of amides is 1. The van der Waals surface area contributed by atoms with Crippen molar-refractivity contribution in [3.8, 4) is 5.75 Å². The van der Waals surface area contributed by atoms with E-state index in [1.165, 1.54) is 36.3 Å². The molecule has 1 heterocycles. The van der Waals surface area contributed by atoms with Crippen LogP contribution in [0.5, 0.6) is 5.75 Å². The van der Waals surface area contributed by atoms with Gasteiger partial charge < -0.3 is 19.1 Å². The van der Waals surface area contributed by atoms with Crippen LogP contribution in [-0.2, 0) is 25.5 Å². The largest absolute Gasteiger partial charge is 0.573 e. The van der Waals surface area contributed by atoms with Gasteiger partial charge >= 0.3 is 18.4 Å². The number of piperidine rings is 1. The van der Waals surface area contributed by atoms with Gasteiger partial charge in [0.25, 0.3) is 0 Å². The number of carbonyl (C=O) groups is 3. The van der Waals surface area contributed by atoms with Gasteiger partial charge in [0.2, 0.25) is 0 Å². The van der Waals surface area contributed by atoms with E-state index in [-0.39, 0.29) is 31.1 Å². The molecule has 0 aliphatic carbocycles. The first-order valence-electron chi connectivity index (χ1n) is 9.50. The lowest BCUT2D eigenvalue weighted by Gasteiger charge is -2.38. The molecule has 0 spiro atoms. The highest BCUT2D eigenvalue weighted by molar-refractivity contribution is 5.96. The zero-order valence-electron chi connectivity index (χ0n) is 16.7. The first-order valence-corrected chi connectivity index (χ1v) is 9.50. The number of hydrogen-bond donors (Lipinski definition) is 0. The van der Waals surface area contributed by atoms with Crippen molar-refractivity contribution in [1.29, 1.82) is 0 Å². The van der Waals surface area contributed by atoms with Gasteiger partial charge in [-0.15, -0.1) is 13.2 Å². The minimum absolute atomic E-state index is 0.184. The van der Waals surface area contributed by atoms with Crippen LogP contribution < -0.4 is 4.74 Å². The van der Waals surface area contributed by atoms with E-state index in [1.807, 2.05) is 0 Å². The Hall–Kier alpha value is -2.78. The van der Waals surface area contributed by atoms with Gasteiger partial charge in [0.15, 0.2) is 0 Å². The molecule has 0 saturated carbocycles. The summed E-state index contributed by atoms with van der Waals surface area (Å²) in [6.07, 6.45) is -4.64. The van der Waals surface area contributed by atoms with Crippen LogP contribution in [0.1, 0.15) is 31.7 Å². The van der Waals surface area contributed by atoms with Crippen molar-refractivity contribution in [2.75, 3.05) is 20.3 Å². The van der Waals surface area contributed by atoms with Gasteiger partial charge in [0.1, 0.15) is 18.0 Å². The summed E-state index contributed by atoms with van der Waals surface area (Å²) in [5, 5.41) is 0. The monoisotopic (exact) mass is 431 g/mol. The molecule has 166 valence electrons. The zero-order valence-corrected chi connectivity index (χ0v) is 16.7. The molecule has 1 aliphatic heterocycles. The molecule has 0 N–H and O–H groups in total. The Morgan fingerprint density at radius 3 is 2.40 bits per heavy atom. The highest BCUT2D eigenvalue weighted by atomic mass is 19.4. The molecule has 1 amide bonds. The molecule has 1 saturated heterocycles. The number of alkyl halides is 3. The van der Waals surface area contributed by atoms with Crippen molar-refractivity contribution in [2.45, 2.75) is 45.0 Å². The molecule has 0 aromatic heterocycles. The summed E-state index contributed by atoms with van der Waals surface area (Å²) < 4.78 is 50.4. The smallest absolute Gasteiger partial charge is 0.466 e. The summed E-state index contributed by atoms with van der Waals surface area (Å²) in [6, 6.07) is 4.92. The molecule has 2 atom stereocenters. The lowest BCUT2D eigenvalue weighted by molar-refractivity contribution is -0.274. The molecule has 1 aromatic carbocycles. The number of rotatable bonds is 7. The van der Waals surface area contributed by atoms with Crippen LogP contribution in [0, 0.1) is 5.92 Å². The summed E-state index contributed by atoms with van der Waals surface area (Å²) in [5.41, 5.74) is 0.668. The average molecular weight is 431 g/mol. The van der Waals surface area contributed by atoms with Gasteiger partial charge in [0, 0.05) is 18.5 Å². The van der Waals surface area contributed by atoms with E-state index in [0.717, 1.165) is 0 Å². The predicted molar refractivity (Wildman–Crippen MR) is 98.7 cm³/mol. The fraction of sp³-hybridized carbons (Fsp3) is 0.550. The highest BCUT2D eigenvalue weighted by Gasteiger charge is 2.36. The van der Waals surface area contributed by atoms with Crippen LogP contribution in [0.2, 0.25) is 0 Å². The van der Waals surface area contributed by atoms with Crippen LogP contribution in [0.4, 0.5) is 18.0 Å². The van der Waals surface area contributed by atoms with Crippen molar-refractivity contribution in [1.82, 2.24) is 4.90 Å².